The molecule has 2 unspecified atom stereocenters. The first-order chi connectivity index (χ1) is 11.7. The largest absolute Gasteiger partial charge is 0.289 e. The highest BCUT2D eigenvalue weighted by atomic mass is 79.9. The minimum atomic E-state index is -4.37. The fourth-order valence-corrected chi connectivity index (χ4v) is 4.96. The zero-order chi connectivity index (χ0) is 18.4. The predicted molar refractivity (Wildman–Crippen MR) is 88.7 cm³/mol. The lowest BCUT2D eigenvalue weighted by Crippen LogP contribution is -2.25. The van der Waals surface area contributed by atoms with Crippen molar-refractivity contribution in [3.8, 4) is 0 Å². The zero-order valence-corrected chi connectivity index (χ0v) is 14.9. The highest BCUT2D eigenvalue weighted by Crippen LogP contribution is 2.49. The molecule has 2 atom stereocenters. The van der Waals surface area contributed by atoms with Gasteiger partial charge < -0.3 is 0 Å². The Morgan fingerprint density at radius 2 is 1.96 bits per heavy atom. The molecule has 1 heterocycles. The standard InChI is InChI=1S/C15H11BrF2N2O4S/c16-10-5-6-12(18)11(7-10)15(8-17)9-19(15)25(23,24)14-4-2-1-3-13(14)20(21)22/h1-7H,8-9H2. The third-order valence-corrected chi connectivity index (χ3v) is 6.51. The summed E-state index contributed by atoms with van der Waals surface area (Å²) < 4.78 is 54.7. The average molecular weight is 433 g/mol. The lowest BCUT2D eigenvalue weighted by Gasteiger charge is -2.16. The second-order valence-corrected chi connectivity index (χ2v) is 8.27. The van der Waals surface area contributed by atoms with Crippen molar-refractivity contribution >= 4 is 31.6 Å². The van der Waals surface area contributed by atoms with Crippen molar-refractivity contribution in [3.63, 3.8) is 0 Å². The van der Waals surface area contributed by atoms with E-state index in [9.17, 15) is 27.3 Å². The van der Waals surface area contributed by atoms with E-state index in [1.165, 1.54) is 24.3 Å². The van der Waals surface area contributed by atoms with E-state index in [-0.39, 0.29) is 12.1 Å². The molecule has 0 aromatic heterocycles. The van der Waals surface area contributed by atoms with Crippen LogP contribution in [0, 0.1) is 15.9 Å². The van der Waals surface area contributed by atoms with Crippen LogP contribution < -0.4 is 0 Å². The Hall–Kier alpha value is -1.91. The van der Waals surface area contributed by atoms with E-state index in [1.54, 1.807) is 0 Å². The van der Waals surface area contributed by atoms with Crippen LogP contribution in [0.5, 0.6) is 0 Å². The van der Waals surface area contributed by atoms with Crippen LogP contribution in [0.1, 0.15) is 5.56 Å². The Kier molecular flexibility index (Phi) is 4.38. The molecule has 1 aliphatic rings. The average Bonchev–Trinajstić information content (AvgIpc) is 3.34. The number of nitro benzene ring substituents is 1. The Labute approximate surface area is 150 Å². The third-order valence-electron chi connectivity index (χ3n) is 4.06. The van der Waals surface area contributed by atoms with Gasteiger partial charge in [0.25, 0.3) is 15.7 Å². The molecule has 0 spiro atoms. The Morgan fingerprint density at radius 1 is 1.28 bits per heavy atom. The smallest absolute Gasteiger partial charge is 0.258 e. The molecule has 2 aromatic rings. The molecule has 132 valence electrons. The number of halogens is 3. The second kappa shape index (κ2) is 6.11. The summed E-state index contributed by atoms with van der Waals surface area (Å²) >= 11 is 3.15. The molecule has 0 aliphatic carbocycles. The number of para-hydroxylation sites is 1. The van der Waals surface area contributed by atoms with Crippen LogP contribution in [-0.4, -0.2) is 30.9 Å². The summed E-state index contributed by atoms with van der Waals surface area (Å²) in [6, 6.07) is 8.61. The van der Waals surface area contributed by atoms with Gasteiger partial charge in [0.2, 0.25) is 0 Å². The van der Waals surface area contributed by atoms with Gasteiger partial charge in [-0.1, -0.05) is 28.1 Å². The quantitative estimate of drug-likeness (QED) is 0.412. The van der Waals surface area contributed by atoms with Crippen molar-refractivity contribution in [1.82, 2.24) is 4.31 Å². The number of nitrogens with zero attached hydrogens (tertiary/aromatic N) is 2. The normalized spacial score (nSPS) is 22.6. The summed E-state index contributed by atoms with van der Waals surface area (Å²) in [5.74, 6) is -0.749. The summed E-state index contributed by atoms with van der Waals surface area (Å²) in [4.78, 5) is 9.72. The van der Waals surface area contributed by atoms with Crippen LogP contribution in [-0.2, 0) is 15.6 Å². The van der Waals surface area contributed by atoms with E-state index in [0.717, 1.165) is 22.5 Å². The Morgan fingerprint density at radius 3 is 2.60 bits per heavy atom. The van der Waals surface area contributed by atoms with E-state index in [2.05, 4.69) is 15.9 Å². The van der Waals surface area contributed by atoms with E-state index in [0.29, 0.717) is 4.47 Å². The molecule has 0 amide bonds. The number of nitro groups is 1. The lowest BCUT2D eigenvalue weighted by atomic mass is 10.0. The fourth-order valence-electron chi connectivity index (χ4n) is 2.72. The van der Waals surface area contributed by atoms with Crippen molar-refractivity contribution in [3.05, 3.63) is 68.4 Å². The molecule has 1 saturated heterocycles. The van der Waals surface area contributed by atoms with E-state index >= 15 is 0 Å². The summed E-state index contributed by atoms with van der Waals surface area (Å²) in [5, 5.41) is 11.1. The monoisotopic (exact) mass is 432 g/mol. The SMILES string of the molecule is O=[N+]([O-])c1ccccc1S(=O)(=O)N1CC1(CF)c1cc(Br)ccc1F. The highest BCUT2D eigenvalue weighted by Gasteiger charge is 2.62. The van der Waals surface area contributed by atoms with Gasteiger partial charge in [-0.2, -0.15) is 4.31 Å². The maximum Gasteiger partial charge on any atom is 0.289 e. The Balaban J connectivity index is 2.09. The molecular weight excluding hydrogens is 422 g/mol. The van der Waals surface area contributed by atoms with E-state index in [4.69, 9.17) is 0 Å². The van der Waals surface area contributed by atoms with Gasteiger partial charge in [0.1, 0.15) is 18.0 Å². The molecule has 1 fully saturated rings. The summed E-state index contributed by atoms with van der Waals surface area (Å²) in [7, 11) is -4.37. The van der Waals surface area contributed by atoms with Crippen molar-refractivity contribution in [2.24, 2.45) is 0 Å². The van der Waals surface area contributed by atoms with Gasteiger partial charge in [0, 0.05) is 22.6 Å². The molecule has 6 nitrogen and oxygen atoms in total. The number of hydrogen-bond donors (Lipinski definition) is 0. The van der Waals surface area contributed by atoms with Crippen LogP contribution in [0.15, 0.2) is 51.8 Å². The van der Waals surface area contributed by atoms with Gasteiger partial charge in [-0.25, -0.2) is 17.2 Å². The number of hydrogen-bond acceptors (Lipinski definition) is 4. The minimum Gasteiger partial charge on any atom is -0.258 e. The van der Waals surface area contributed by atoms with Gasteiger partial charge in [0.05, 0.1) is 4.92 Å². The minimum absolute atomic E-state index is 0.119. The second-order valence-electron chi connectivity index (χ2n) is 5.53. The maximum absolute atomic E-state index is 14.1. The molecule has 10 heteroatoms. The van der Waals surface area contributed by atoms with Crippen LogP contribution in [0.4, 0.5) is 14.5 Å². The molecule has 0 radical (unpaired) electrons. The topological polar surface area (TPSA) is 80.3 Å². The van der Waals surface area contributed by atoms with Gasteiger partial charge in [-0.3, -0.25) is 10.1 Å². The fraction of sp³-hybridized carbons (Fsp3) is 0.200. The first-order valence-corrected chi connectivity index (χ1v) is 9.25. The first-order valence-electron chi connectivity index (χ1n) is 7.02. The summed E-state index contributed by atoms with van der Waals surface area (Å²) in [6.45, 7) is -1.45. The molecule has 1 aliphatic heterocycles. The van der Waals surface area contributed by atoms with E-state index < -0.39 is 43.6 Å². The number of rotatable bonds is 5. The zero-order valence-electron chi connectivity index (χ0n) is 12.5. The van der Waals surface area contributed by atoms with Gasteiger partial charge in [-0.05, 0) is 24.3 Å². The Bertz CT molecular complexity index is 970. The van der Waals surface area contributed by atoms with Gasteiger partial charge in [0.15, 0.2) is 4.90 Å². The van der Waals surface area contributed by atoms with Crippen molar-refractivity contribution in [1.29, 1.82) is 0 Å². The molecule has 2 aromatic carbocycles. The molecule has 0 N–H and O–H groups in total. The molecular formula is C15H11BrF2N2O4S. The first kappa shape index (κ1) is 17.9. The van der Waals surface area contributed by atoms with Crippen LogP contribution >= 0.6 is 15.9 Å². The van der Waals surface area contributed by atoms with Crippen molar-refractivity contribution in [2.45, 2.75) is 10.4 Å². The molecule has 0 saturated carbocycles. The van der Waals surface area contributed by atoms with Crippen LogP contribution in [0.25, 0.3) is 0 Å². The summed E-state index contributed by atoms with van der Waals surface area (Å²) in [5.41, 5.74) is -2.43. The predicted octanol–water partition coefficient (Wildman–Crippen LogP) is 3.37. The highest BCUT2D eigenvalue weighted by molar-refractivity contribution is 9.10. The number of benzene rings is 2. The van der Waals surface area contributed by atoms with Crippen molar-refractivity contribution in [2.75, 3.05) is 13.2 Å². The number of sulfonamides is 1. The maximum atomic E-state index is 14.1. The van der Waals surface area contributed by atoms with E-state index in [1.807, 2.05) is 0 Å². The third kappa shape index (κ3) is 2.83. The van der Waals surface area contributed by atoms with Gasteiger partial charge in [-0.15, -0.1) is 0 Å². The van der Waals surface area contributed by atoms with Gasteiger partial charge >= 0.3 is 0 Å². The summed E-state index contributed by atoms with van der Waals surface area (Å²) in [6.07, 6.45) is 0. The molecule has 0 bridgehead atoms. The lowest BCUT2D eigenvalue weighted by molar-refractivity contribution is -0.387. The van der Waals surface area contributed by atoms with Crippen LogP contribution in [0.2, 0.25) is 0 Å². The molecule has 3 rings (SSSR count). The van der Waals surface area contributed by atoms with Crippen LogP contribution in [0.3, 0.4) is 0 Å². The number of alkyl halides is 1. The molecule has 25 heavy (non-hydrogen) atoms. The van der Waals surface area contributed by atoms with Crippen molar-refractivity contribution < 1.29 is 22.1 Å².